The van der Waals surface area contributed by atoms with Crippen molar-refractivity contribution in [2.75, 3.05) is 0 Å². The maximum atomic E-state index is 14.2. The molecular formula is C17H11FN4O. The highest BCUT2D eigenvalue weighted by Gasteiger charge is 2.18. The summed E-state index contributed by atoms with van der Waals surface area (Å²) in [5, 5.41) is 4.49. The number of pyridine rings is 1. The van der Waals surface area contributed by atoms with Crippen molar-refractivity contribution in [1.82, 2.24) is 19.6 Å². The highest BCUT2D eigenvalue weighted by atomic mass is 19.1. The molecule has 23 heavy (non-hydrogen) atoms. The van der Waals surface area contributed by atoms with Crippen LogP contribution in [0.15, 0.2) is 66.0 Å². The minimum Gasteiger partial charge on any atom is -0.328 e. The van der Waals surface area contributed by atoms with E-state index in [1.165, 1.54) is 12.1 Å². The lowest BCUT2D eigenvalue weighted by Crippen LogP contribution is -2.01. The van der Waals surface area contributed by atoms with E-state index in [4.69, 9.17) is 0 Å². The molecule has 6 heteroatoms. The van der Waals surface area contributed by atoms with E-state index in [-0.39, 0.29) is 11.4 Å². The Kier molecular flexibility index (Phi) is 3.01. The van der Waals surface area contributed by atoms with Crippen LogP contribution in [0.4, 0.5) is 4.39 Å². The van der Waals surface area contributed by atoms with Crippen LogP contribution in [0.1, 0.15) is 0 Å². The summed E-state index contributed by atoms with van der Waals surface area (Å²) in [7, 11) is 0. The van der Waals surface area contributed by atoms with Crippen LogP contribution in [-0.2, 0) is 0 Å². The number of H-pyrrole nitrogens is 1. The minimum atomic E-state index is -0.352. The SMILES string of the molecule is O=c1ccc(-c2c(-c3ccccc3F)nn3ccncc23)c[nH]1. The molecule has 4 aromatic rings. The molecule has 5 nitrogen and oxygen atoms in total. The molecule has 1 aromatic carbocycles. The molecule has 3 aromatic heterocycles. The van der Waals surface area contributed by atoms with E-state index in [0.717, 1.165) is 16.6 Å². The molecule has 0 aliphatic heterocycles. The number of fused-ring (bicyclic) bond motifs is 1. The Morgan fingerprint density at radius 2 is 2.00 bits per heavy atom. The molecular weight excluding hydrogens is 295 g/mol. The normalized spacial score (nSPS) is 11.0. The zero-order valence-electron chi connectivity index (χ0n) is 11.9. The molecule has 0 saturated carbocycles. The lowest BCUT2D eigenvalue weighted by Gasteiger charge is -2.04. The molecule has 1 N–H and O–H groups in total. The topological polar surface area (TPSA) is 63.1 Å². The molecule has 3 heterocycles. The van der Waals surface area contributed by atoms with E-state index >= 15 is 0 Å². The molecule has 0 atom stereocenters. The fraction of sp³-hybridized carbons (Fsp3) is 0. The standard InChI is InChI=1S/C17H11FN4O/c18-13-4-2-1-3-12(13)17-16(11-5-6-15(23)20-9-11)14-10-19-7-8-22(14)21-17/h1-10H,(H,20,23). The summed E-state index contributed by atoms with van der Waals surface area (Å²) >= 11 is 0. The third kappa shape index (κ3) is 2.20. The third-order valence-electron chi connectivity index (χ3n) is 3.64. The molecule has 0 fully saturated rings. The van der Waals surface area contributed by atoms with E-state index in [1.54, 1.807) is 53.6 Å². The first kappa shape index (κ1) is 13.4. The number of rotatable bonds is 2. The van der Waals surface area contributed by atoms with Gasteiger partial charge in [0.1, 0.15) is 11.5 Å². The average Bonchev–Trinajstić information content (AvgIpc) is 2.95. The van der Waals surface area contributed by atoms with Crippen LogP contribution in [0.25, 0.3) is 27.9 Å². The molecule has 4 rings (SSSR count). The zero-order valence-corrected chi connectivity index (χ0v) is 11.9. The van der Waals surface area contributed by atoms with Crippen molar-refractivity contribution in [3.05, 3.63) is 77.4 Å². The first-order valence-electron chi connectivity index (χ1n) is 7.00. The lowest BCUT2D eigenvalue weighted by molar-refractivity contribution is 0.630. The lowest BCUT2D eigenvalue weighted by atomic mass is 10.0. The van der Waals surface area contributed by atoms with Crippen LogP contribution in [0.3, 0.4) is 0 Å². The van der Waals surface area contributed by atoms with Gasteiger partial charge in [-0.05, 0) is 18.2 Å². The van der Waals surface area contributed by atoms with Gasteiger partial charge in [0.05, 0.1) is 11.7 Å². The Labute approximate surface area is 130 Å². The summed E-state index contributed by atoms with van der Waals surface area (Å²) in [4.78, 5) is 18.1. The fourth-order valence-electron chi connectivity index (χ4n) is 2.59. The van der Waals surface area contributed by atoms with Crippen molar-refractivity contribution in [2.24, 2.45) is 0 Å². The van der Waals surface area contributed by atoms with Gasteiger partial charge >= 0.3 is 0 Å². The molecule has 0 aliphatic carbocycles. The van der Waals surface area contributed by atoms with E-state index in [2.05, 4.69) is 15.1 Å². The van der Waals surface area contributed by atoms with Gasteiger partial charge < -0.3 is 4.98 Å². The first-order chi connectivity index (χ1) is 11.2. The number of hydrogen-bond donors (Lipinski definition) is 1. The molecule has 0 aliphatic rings. The molecule has 0 saturated heterocycles. The summed E-state index contributed by atoms with van der Waals surface area (Å²) in [6, 6.07) is 9.59. The van der Waals surface area contributed by atoms with Gasteiger partial charge in [-0.2, -0.15) is 5.10 Å². The van der Waals surface area contributed by atoms with E-state index in [0.29, 0.717) is 11.3 Å². The number of aromatic nitrogens is 4. The fourth-order valence-corrected chi connectivity index (χ4v) is 2.59. The second-order valence-corrected chi connectivity index (χ2v) is 5.05. The van der Waals surface area contributed by atoms with Crippen LogP contribution in [0.5, 0.6) is 0 Å². The van der Waals surface area contributed by atoms with Crippen molar-refractivity contribution in [1.29, 1.82) is 0 Å². The molecule has 0 amide bonds. The maximum absolute atomic E-state index is 14.2. The Bertz CT molecular complexity index is 1050. The van der Waals surface area contributed by atoms with E-state index in [1.807, 2.05) is 0 Å². The van der Waals surface area contributed by atoms with Crippen LogP contribution < -0.4 is 5.56 Å². The molecule has 0 bridgehead atoms. The summed E-state index contributed by atoms with van der Waals surface area (Å²) < 4.78 is 15.9. The van der Waals surface area contributed by atoms with Crippen molar-refractivity contribution in [3.63, 3.8) is 0 Å². The molecule has 0 spiro atoms. The van der Waals surface area contributed by atoms with Gasteiger partial charge in [-0.15, -0.1) is 0 Å². The van der Waals surface area contributed by atoms with Gasteiger partial charge in [0.25, 0.3) is 0 Å². The highest BCUT2D eigenvalue weighted by molar-refractivity contribution is 5.91. The van der Waals surface area contributed by atoms with E-state index in [9.17, 15) is 9.18 Å². The van der Waals surface area contributed by atoms with Crippen molar-refractivity contribution in [3.8, 4) is 22.4 Å². The second-order valence-electron chi connectivity index (χ2n) is 5.05. The number of nitrogens with zero attached hydrogens (tertiary/aromatic N) is 3. The first-order valence-corrected chi connectivity index (χ1v) is 7.00. The van der Waals surface area contributed by atoms with Crippen LogP contribution in [0, 0.1) is 5.82 Å². The Morgan fingerprint density at radius 3 is 2.78 bits per heavy atom. The Hall–Kier alpha value is -3.28. The number of halogens is 1. The van der Waals surface area contributed by atoms with Gasteiger partial charge in [0.15, 0.2) is 0 Å². The second kappa shape index (κ2) is 5.17. The van der Waals surface area contributed by atoms with Gasteiger partial charge in [-0.3, -0.25) is 9.78 Å². The van der Waals surface area contributed by atoms with Gasteiger partial charge in [-0.25, -0.2) is 8.91 Å². The summed E-state index contributed by atoms with van der Waals surface area (Å²) in [6.07, 6.45) is 6.57. The van der Waals surface area contributed by atoms with Crippen LogP contribution in [-0.4, -0.2) is 19.6 Å². The number of hydrogen-bond acceptors (Lipinski definition) is 3. The number of benzene rings is 1. The summed E-state index contributed by atoms with van der Waals surface area (Å²) in [5.41, 5.74) is 2.90. The van der Waals surface area contributed by atoms with Gasteiger partial charge in [-0.1, -0.05) is 12.1 Å². The maximum Gasteiger partial charge on any atom is 0.247 e. The third-order valence-corrected chi connectivity index (χ3v) is 3.64. The summed E-state index contributed by atoms with van der Waals surface area (Å²) in [5.74, 6) is -0.352. The molecule has 0 unspecified atom stereocenters. The van der Waals surface area contributed by atoms with Crippen LogP contribution in [0.2, 0.25) is 0 Å². The summed E-state index contributed by atoms with van der Waals surface area (Å²) in [6.45, 7) is 0. The monoisotopic (exact) mass is 306 g/mol. The van der Waals surface area contributed by atoms with Gasteiger partial charge in [0, 0.05) is 41.3 Å². The quantitative estimate of drug-likeness (QED) is 0.619. The minimum absolute atomic E-state index is 0.198. The molecule has 0 radical (unpaired) electrons. The number of nitrogens with one attached hydrogen (secondary N) is 1. The van der Waals surface area contributed by atoms with Gasteiger partial charge in [0.2, 0.25) is 5.56 Å². The Morgan fingerprint density at radius 1 is 1.13 bits per heavy atom. The number of aromatic amines is 1. The van der Waals surface area contributed by atoms with Crippen LogP contribution >= 0.6 is 0 Å². The average molecular weight is 306 g/mol. The Balaban J connectivity index is 2.08. The van der Waals surface area contributed by atoms with E-state index < -0.39 is 0 Å². The van der Waals surface area contributed by atoms with Crippen molar-refractivity contribution in [2.45, 2.75) is 0 Å². The predicted molar refractivity (Wildman–Crippen MR) is 84.4 cm³/mol. The largest absolute Gasteiger partial charge is 0.328 e. The van der Waals surface area contributed by atoms with Crippen molar-refractivity contribution >= 4 is 5.52 Å². The zero-order chi connectivity index (χ0) is 15.8. The smallest absolute Gasteiger partial charge is 0.247 e. The molecule has 112 valence electrons. The van der Waals surface area contributed by atoms with Crippen molar-refractivity contribution < 1.29 is 4.39 Å². The highest BCUT2D eigenvalue weighted by Crippen LogP contribution is 2.35. The predicted octanol–water partition coefficient (Wildman–Crippen LogP) is 2.89.